The van der Waals surface area contributed by atoms with E-state index in [0.717, 1.165) is 4.90 Å². The first-order chi connectivity index (χ1) is 11.7. The van der Waals surface area contributed by atoms with E-state index in [1.807, 2.05) is 0 Å². The minimum absolute atomic E-state index is 0.0463. The van der Waals surface area contributed by atoms with Gasteiger partial charge in [0.15, 0.2) is 0 Å². The molecule has 1 saturated heterocycles. The number of piperazine rings is 1. The average molecular weight is 371 g/mol. The summed E-state index contributed by atoms with van der Waals surface area (Å²) in [7, 11) is 0. The minimum atomic E-state index is -1.68. The summed E-state index contributed by atoms with van der Waals surface area (Å²) in [5, 5.41) is 19.1. The highest BCUT2D eigenvalue weighted by molar-refractivity contribution is 6.33. The number of primary amides is 1. The molecule has 1 heterocycles. The van der Waals surface area contributed by atoms with Gasteiger partial charge in [-0.15, -0.1) is 0 Å². The number of anilines is 1. The van der Waals surface area contributed by atoms with Gasteiger partial charge in [-0.05, 0) is 12.1 Å². The normalized spacial score (nSPS) is 20.0. The molecule has 1 aromatic carbocycles. The number of nitrogens with two attached hydrogens (primary N) is 2. The number of amides is 2. The zero-order valence-electron chi connectivity index (χ0n) is 13.2. The van der Waals surface area contributed by atoms with Crippen molar-refractivity contribution >= 4 is 35.3 Å². The molecular formula is C15H19ClN4O5. The second-order valence-electron chi connectivity index (χ2n) is 5.72. The molecule has 1 aliphatic rings. The van der Waals surface area contributed by atoms with Crippen LogP contribution in [0.25, 0.3) is 0 Å². The van der Waals surface area contributed by atoms with Gasteiger partial charge in [-0.2, -0.15) is 0 Å². The number of nitrogens with zero attached hydrogens (tertiary/aromatic N) is 2. The molecule has 0 spiro atoms. The number of benzene rings is 1. The molecule has 136 valence electrons. The van der Waals surface area contributed by atoms with E-state index in [2.05, 4.69) is 0 Å². The number of carboxylic acids is 2. The predicted octanol–water partition coefficient (Wildman–Crippen LogP) is 0.0220. The molecule has 6 N–H and O–H groups in total. The van der Waals surface area contributed by atoms with Crippen molar-refractivity contribution in [3.05, 3.63) is 29.3 Å². The Morgan fingerprint density at radius 1 is 1.16 bits per heavy atom. The van der Waals surface area contributed by atoms with E-state index in [4.69, 9.17) is 28.2 Å². The van der Waals surface area contributed by atoms with Crippen LogP contribution in [0, 0.1) is 5.92 Å². The van der Waals surface area contributed by atoms with Crippen molar-refractivity contribution in [2.24, 2.45) is 17.4 Å². The number of carbonyl (C=O) groups is 3. The fraction of sp³-hybridized carbons (Fsp3) is 0.400. The standard InChI is InChI=1S/C15H19ClN4O5/c16-8-3-1-2-4-9(8)19-5-6-20(15(18)25)10(7-19)11(13(21)22)12(17)14(23)24/h1-4,10-12H,5-7,17H2,(H2,18,25)(H,21,22)(H,23,24)/t10?,11?,12-/m0/s1. The molecule has 1 aromatic rings. The van der Waals surface area contributed by atoms with Crippen molar-refractivity contribution in [1.29, 1.82) is 0 Å². The molecule has 2 amide bonds. The molecule has 1 fully saturated rings. The van der Waals surface area contributed by atoms with Crippen molar-refractivity contribution in [2.75, 3.05) is 24.5 Å². The molecule has 0 bridgehead atoms. The SMILES string of the molecule is NC(=O)N1CCN(c2ccccc2Cl)CC1C(C(=O)O)[C@H](N)C(=O)O. The van der Waals surface area contributed by atoms with E-state index in [9.17, 15) is 19.5 Å². The van der Waals surface area contributed by atoms with Gasteiger partial charge in [-0.1, -0.05) is 23.7 Å². The largest absolute Gasteiger partial charge is 0.481 e. The summed E-state index contributed by atoms with van der Waals surface area (Å²) in [6, 6.07) is 3.45. The number of aliphatic carboxylic acids is 2. The lowest BCUT2D eigenvalue weighted by atomic mass is 9.89. The quantitative estimate of drug-likeness (QED) is 0.570. The first-order valence-electron chi connectivity index (χ1n) is 7.50. The van der Waals surface area contributed by atoms with Crippen LogP contribution in [0.4, 0.5) is 10.5 Å². The van der Waals surface area contributed by atoms with Crippen LogP contribution in [0.2, 0.25) is 5.02 Å². The summed E-state index contributed by atoms with van der Waals surface area (Å²) in [6.45, 7) is 0.545. The highest BCUT2D eigenvalue weighted by atomic mass is 35.5. The third-order valence-electron chi connectivity index (χ3n) is 4.27. The van der Waals surface area contributed by atoms with Crippen molar-refractivity contribution < 1.29 is 24.6 Å². The van der Waals surface area contributed by atoms with Crippen LogP contribution in [-0.2, 0) is 9.59 Å². The maximum atomic E-state index is 11.7. The first kappa shape index (κ1) is 18.8. The molecule has 2 unspecified atom stereocenters. The monoisotopic (exact) mass is 370 g/mol. The average Bonchev–Trinajstić information content (AvgIpc) is 2.54. The summed E-state index contributed by atoms with van der Waals surface area (Å²) in [5.41, 5.74) is 11.6. The van der Waals surface area contributed by atoms with Crippen molar-refractivity contribution in [3.8, 4) is 0 Å². The minimum Gasteiger partial charge on any atom is -0.481 e. The molecular weight excluding hydrogens is 352 g/mol. The fourth-order valence-electron chi connectivity index (χ4n) is 3.03. The number of carbonyl (C=O) groups excluding carboxylic acids is 1. The van der Waals surface area contributed by atoms with Gasteiger partial charge in [0.1, 0.15) is 12.0 Å². The zero-order valence-corrected chi connectivity index (χ0v) is 14.0. The Labute approximate surface area is 148 Å². The molecule has 25 heavy (non-hydrogen) atoms. The third kappa shape index (κ3) is 3.94. The van der Waals surface area contributed by atoms with Crippen molar-refractivity contribution in [2.45, 2.75) is 12.1 Å². The van der Waals surface area contributed by atoms with Crippen LogP contribution in [0.1, 0.15) is 0 Å². The second-order valence-corrected chi connectivity index (χ2v) is 6.13. The number of hydrogen-bond acceptors (Lipinski definition) is 5. The molecule has 1 aliphatic heterocycles. The van der Waals surface area contributed by atoms with E-state index in [1.165, 1.54) is 0 Å². The van der Waals surface area contributed by atoms with E-state index in [1.54, 1.807) is 29.2 Å². The van der Waals surface area contributed by atoms with Gasteiger partial charge in [0.25, 0.3) is 0 Å². The van der Waals surface area contributed by atoms with Gasteiger partial charge < -0.3 is 31.5 Å². The summed E-state index contributed by atoms with van der Waals surface area (Å²) >= 11 is 6.18. The van der Waals surface area contributed by atoms with Gasteiger partial charge in [-0.25, -0.2) is 4.79 Å². The highest BCUT2D eigenvalue weighted by Crippen LogP contribution is 2.29. The van der Waals surface area contributed by atoms with Gasteiger partial charge >= 0.3 is 18.0 Å². The Hall–Kier alpha value is -2.52. The number of halogens is 1. The number of rotatable bonds is 5. The lowest BCUT2D eigenvalue weighted by Crippen LogP contribution is -2.64. The number of para-hydroxylation sites is 1. The first-order valence-corrected chi connectivity index (χ1v) is 7.88. The lowest BCUT2D eigenvalue weighted by Gasteiger charge is -2.44. The topological polar surface area (TPSA) is 150 Å². The number of hydrogen-bond donors (Lipinski definition) is 4. The lowest BCUT2D eigenvalue weighted by molar-refractivity contribution is -0.152. The Bertz CT molecular complexity index is 686. The molecule has 0 aliphatic carbocycles. The Balaban J connectivity index is 2.38. The summed E-state index contributed by atoms with van der Waals surface area (Å²) < 4.78 is 0. The molecule has 9 nitrogen and oxygen atoms in total. The summed E-state index contributed by atoms with van der Waals surface area (Å²) in [4.78, 5) is 37.5. The Morgan fingerprint density at radius 2 is 1.80 bits per heavy atom. The van der Waals surface area contributed by atoms with E-state index in [-0.39, 0.29) is 13.1 Å². The van der Waals surface area contributed by atoms with Gasteiger partial charge in [0, 0.05) is 19.6 Å². The van der Waals surface area contributed by atoms with Crippen LogP contribution < -0.4 is 16.4 Å². The van der Waals surface area contributed by atoms with E-state index in [0.29, 0.717) is 17.3 Å². The maximum Gasteiger partial charge on any atom is 0.321 e. The smallest absolute Gasteiger partial charge is 0.321 e. The predicted molar refractivity (Wildman–Crippen MR) is 90.5 cm³/mol. The molecule has 0 aromatic heterocycles. The highest BCUT2D eigenvalue weighted by Gasteiger charge is 2.44. The van der Waals surface area contributed by atoms with Gasteiger partial charge in [0.05, 0.1) is 16.8 Å². The van der Waals surface area contributed by atoms with Crippen LogP contribution in [0.3, 0.4) is 0 Å². The maximum absolute atomic E-state index is 11.7. The molecule has 0 radical (unpaired) electrons. The molecule has 0 saturated carbocycles. The Kier molecular flexibility index (Phi) is 5.70. The van der Waals surface area contributed by atoms with Crippen molar-refractivity contribution in [3.63, 3.8) is 0 Å². The zero-order chi connectivity index (χ0) is 18.7. The third-order valence-corrected chi connectivity index (χ3v) is 4.59. The fourth-order valence-corrected chi connectivity index (χ4v) is 3.28. The van der Waals surface area contributed by atoms with Crippen LogP contribution in [0.5, 0.6) is 0 Å². The van der Waals surface area contributed by atoms with Crippen LogP contribution >= 0.6 is 11.6 Å². The second kappa shape index (κ2) is 7.58. The Morgan fingerprint density at radius 3 is 2.32 bits per heavy atom. The van der Waals surface area contributed by atoms with E-state index >= 15 is 0 Å². The summed E-state index contributed by atoms with van der Waals surface area (Å²) in [6.07, 6.45) is 0. The summed E-state index contributed by atoms with van der Waals surface area (Å²) in [5.74, 6) is -4.39. The van der Waals surface area contributed by atoms with Crippen LogP contribution in [-0.4, -0.2) is 64.8 Å². The number of carboxylic acid groups (broad SMARTS) is 2. The van der Waals surface area contributed by atoms with Crippen molar-refractivity contribution in [1.82, 2.24) is 4.90 Å². The van der Waals surface area contributed by atoms with Gasteiger partial charge in [-0.3, -0.25) is 9.59 Å². The molecule has 2 rings (SSSR count). The number of urea groups is 1. The molecule has 3 atom stereocenters. The van der Waals surface area contributed by atoms with Gasteiger partial charge in [0.2, 0.25) is 0 Å². The van der Waals surface area contributed by atoms with E-state index < -0.39 is 36.0 Å². The van der Waals surface area contributed by atoms with Crippen LogP contribution in [0.15, 0.2) is 24.3 Å². The molecule has 10 heteroatoms.